The quantitative estimate of drug-likeness (QED) is 0.149. The number of thiophene rings is 1. The van der Waals surface area contributed by atoms with Gasteiger partial charge in [0, 0.05) is 56.4 Å². The van der Waals surface area contributed by atoms with Crippen molar-refractivity contribution in [1.82, 2.24) is 16.0 Å². The highest BCUT2D eigenvalue weighted by molar-refractivity contribution is 9.10. The highest BCUT2D eigenvalue weighted by Crippen LogP contribution is 2.44. The van der Waals surface area contributed by atoms with Gasteiger partial charge in [0.15, 0.2) is 0 Å². The second-order valence-corrected chi connectivity index (χ2v) is 14.3. The van der Waals surface area contributed by atoms with Crippen molar-refractivity contribution in [2.75, 3.05) is 18.0 Å². The van der Waals surface area contributed by atoms with E-state index in [4.69, 9.17) is 0 Å². The molecule has 0 saturated carbocycles. The first-order valence-corrected chi connectivity index (χ1v) is 17.3. The molecule has 0 bridgehead atoms. The van der Waals surface area contributed by atoms with Gasteiger partial charge in [-0.05, 0) is 91.9 Å². The van der Waals surface area contributed by atoms with Crippen molar-refractivity contribution in [3.63, 3.8) is 0 Å². The summed E-state index contributed by atoms with van der Waals surface area (Å²) < 4.78 is 1.97. The third kappa shape index (κ3) is 7.69. The summed E-state index contributed by atoms with van der Waals surface area (Å²) in [5.74, 6) is -0.465. The van der Waals surface area contributed by atoms with E-state index in [1.165, 1.54) is 0 Å². The van der Waals surface area contributed by atoms with Crippen molar-refractivity contribution in [1.29, 1.82) is 0 Å². The minimum atomic E-state index is -0.665. The Morgan fingerprint density at radius 3 is 2.61 bits per heavy atom. The van der Waals surface area contributed by atoms with Crippen LogP contribution in [0.5, 0.6) is 0 Å². The van der Waals surface area contributed by atoms with Crippen LogP contribution in [0.1, 0.15) is 62.0 Å². The zero-order valence-corrected chi connectivity index (χ0v) is 29.1. The number of hydrogen-bond acceptors (Lipinski definition) is 6. The fraction of sp³-hybridized carbons (Fsp3) is 0.361. The van der Waals surface area contributed by atoms with E-state index in [9.17, 15) is 19.5 Å². The molecule has 1 aliphatic heterocycles. The molecule has 5 rings (SSSR count). The number of β-amino-alcohol motifs (C(OH)–C–C–N with tert-alkyl or cyclic N) is 1. The van der Waals surface area contributed by atoms with Gasteiger partial charge in [-0.2, -0.15) is 0 Å². The minimum absolute atomic E-state index is 0.109. The maximum absolute atomic E-state index is 14.1. The number of fused-ring (bicyclic) bond motifs is 2. The first-order chi connectivity index (χ1) is 22.0. The predicted molar refractivity (Wildman–Crippen MR) is 189 cm³/mol. The van der Waals surface area contributed by atoms with Crippen LogP contribution in [0.3, 0.4) is 0 Å². The summed E-state index contributed by atoms with van der Waals surface area (Å²) in [5.41, 5.74) is 3.81. The van der Waals surface area contributed by atoms with E-state index in [0.717, 1.165) is 41.8 Å². The van der Waals surface area contributed by atoms with Gasteiger partial charge < -0.3 is 26.0 Å². The Morgan fingerprint density at radius 2 is 1.85 bits per heavy atom. The largest absolute Gasteiger partial charge is 0.392 e. The van der Waals surface area contributed by atoms with Crippen LogP contribution in [-0.4, -0.2) is 53.6 Å². The summed E-state index contributed by atoms with van der Waals surface area (Å²) in [4.78, 5) is 42.9. The fourth-order valence-electron chi connectivity index (χ4n) is 5.85. The molecule has 3 amide bonds. The number of rotatable bonds is 11. The predicted octanol–water partition coefficient (Wildman–Crippen LogP) is 6.18. The highest BCUT2D eigenvalue weighted by Gasteiger charge is 2.33. The molecule has 2 atom stereocenters. The van der Waals surface area contributed by atoms with Crippen LogP contribution in [0.4, 0.5) is 5.69 Å². The molecular weight excluding hydrogens is 664 g/mol. The summed E-state index contributed by atoms with van der Waals surface area (Å²) in [5, 5.41) is 19.8. The fourth-order valence-corrected chi connectivity index (χ4v) is 7.88. The van der Waals surface area contributed by atoms with Gasteiger partial charge in [0.2, 0.25) is 11.8 Å². The normalized spacial score (nSPS) is 15.7. The SMILES string of the molecule is CCNC(=O)c1ccccc1-c1sc2ccc(CN3C(=O)C(NC(=O)CC(C)(C)NCC(C)O)CCc4ccccc43)cc2c1Br. The molecule has 8 nitrogen and oxygen atoms in total. The summed E-state index contributed by atoms with van der Waals surface area (Å²) in [7, 11) is 0. The number of hydrogen-bond donors (Lipinski definition) is 4. The van der Waals surface area contributed by atoms with E-state index in [-0.39, 0.29) is 24.1 Å². The second kappa shape index (κ2) is 14.5. The number of nitrogens with one attached hydrogen (secondary N) is 3. The molecule has 1 aliphatic rings. The summed E-state index contributed by atoms with van der Waals surface area (Å²) in [6.45, 7) is 8.68. The third-order valence-electron chi connectivity index (χ3n) is 8.15. The Bertz CT molecular complexity index is 1750. The van der Waals surface area contributed by atoms with Crippen LogP contribution in [0.2, 0.25) is 0 Å². The van der Waals surface area contributed by atoms with Gasteiger partial charge >= 0.3 is 0 Å². The smallest absolute Gasteiger partial charge is 0.251 e. The van der Waals surface area contributed by atoms with Crippen molar-refractivity contribution in [3.05, 3.63) is 87.9 Å². The summed E-state index contributed by atoms with van der Waals surface area (Å²) in [6.07, 6.45) is 0.811. The number of aliphatic hydroxyl groups is 1. The first kappa shape index (κ1) is 33.8. The van der Waals surface area contributed by atoms with Gasteiger partial charge in [0.25, 0.3) is 5.91 Å². The monoisotopic (exact) mass is 704 g/mol. The van der Waals surface area contributed by atoms with Crippen LogP contribution in [0.15, 0.2) is 71.2 Å². The number of carbonyl (C=O) groups is 3. The van der Waals surface area contributed by atoms with Crippen molar-refractivity contribution in [2.45, 2.75) is 71.2 Å². The van der Waals surface area contributed by atoms with E-state index < -0.39 is 17.7 Å². The van der Waals surface area contributed by atoms with Crippen LogP contribution in [0.25, 0.3) is 20.5 Å². The van der Waals surface area contributed by atoms with Gasteiger partial charge in [0.1, 0.15) is 6.04 Å². The number of amides is 3. The van der Waals surface area contributed by atoms with Gasteiger partial charge in [0.05, 0.1) is 17.5 Å². The topological polar surface area (TPSA) is 111 Å². The molecule has 0 spiro atoms. The molecule has 0 radical (unpaired) electrons. The second-order valence-electron chi connectivity index (χ2n) is 12.5. The molecule has 0 saturated heterocycles. The van der Waals surface area contributed by atoms with E-state index in [2.05, 4.69) is 44.0 Å². The van der Waals surface area contributed by atoms with Gasteiger partial charge in [-0.1, -0.05) is 42.5 Å². The van der Waals surface area contributed by atoms with Crippen molar-refractivity contribution in [3.8, 4) is 10.4 Å². The Balaban J connectivity index is 1.42. The molecule has 242 valence electrons. The van der Waals surface area contributed by atoms with Crippen molar-refractivity contribution in [2.24, 2.45) is 0 Å². The number of benzene rings is 3. The Morgan fingerprint density at radius 1 is 1.11 bits per heavy atom. The number of anilines is 1. The average Bonchev–Trinajstić information content (AvgIpc) is 3.29. The van der Waals surface area contributed by atoms with Crippen LogP contribution in [-0.2, 0) is 22.6 Å². The van der Waals surface area contributed by atoms with Gasteiger partial charge in [-0.25, -0.2) is 0 Å². The number of carbonyl (C=O) groups excluding carboxylic acids is 3. The highest BCUT2D eigenvalue weighted by atomic mass is 79.9. The maximum atomic E-state index is 14.1. The molecule has 1 aromatic heterocycles. The van der Waals surface area contributed by atoms with Crippen LogP contribution < -0.4 is 20.9 Å². The molecule has 0 aliphatic carbocycles. The molecule has 46 heavy (non-hydrogen) atoms. The standard InChI is InChI=1S/C36H41BrN4O4S/c1-5-38-34(44)26-12-8-7-11-25(26)33-32(37)27-18-23(14-17-30(27)46-33)21-41-29-13-9-6-10-24(29)15-16-28(35(41)45)40-31(43)19-36(3,4)39-20-22(2)42/h6-14,17-18,22,28,39,42H,5,15-16,19-21H2,1-4H3,(H,38,44)(H,40,43). The lowest BCUT2D eigenvalue weighted by atomic mass is 9.99. The molecule has 2 unspecified atom stereocenters. The Kier molecular flexibility index (Phi) is 10.6. The molecule has 10 heteroatoms. The van der Waals surface area contributed by atoms with E-state index in [0.29, 0.717) is 38.0 Å². The molecule has 4 aromatic rings. The van der Waals surface area contributed by atoms with Crippen LogP contribution in [0, 0.1) is 0 Å². The zero-order valence-electron chi connectivity index (χ0n) is 26.7. The minimum Gasteiger partial charge on any atom is -0.392 e. The molecule has 0 fully saturated rings. The van der Waals surface area contributed by atoms with E-state index in [1.54, 1.807) is 23.2 Å². The van der Waals surface area contributed by atoms with E-state index in [1.807, 2.05) is 75.4 Å². The Labute approximate surface area is 282 Å². The number of para-hydroxylation sites is 1. The van der Waals surface area contributed by atoms with E-state index >= 15 is 0 Å². The first-order valence-electron chi connectivity index (χ1n) is 15.7. The maximum Gasteiger partial charge on any atom is 0.251 e. The molecule has 2 heterocycles. The third-order valence-corrected chi connectivity index (χ3v) is 10.4. The average molecular weight is 706 g/mol. The van der Waals surface area contributed by atoms with Gasteiger partial charge in [-0.3, -0.25) is 14.4 Å². The number of aliphatic hydroxyl groups excluding tert-OH is 1. The van der Waals surface area contributed by atoms with Crippen molar-refractivity contribution >= 4 is 60.8 Å². The lowest BCUT2D eigenvalue weighted by Crippen LogP contribution is -2.51. The van der Waals surface area contributed by atoms with Gasteiger partial charge in [-0.15, -0.1) is 11.3 Å². The summed E-state index contributed by atoms with van der Waals surface area (Å²) >= 11 is 5.45. The molecule has 4 N–H and O–H groups in total. The number of nitrogens with zero attached hydrogens (tertiary/aromatic N) is 1. The molecular formula is C36H41BrN4O4S. The lowest BCUT2D eigenvalue weighted by molar-refractivity contribution is -0.128. The molecule has 3 aromatic carbocycles. The summed E-state index contributed by atoms with van der Waals surface area (Å²) in [6, 6.07) is 21.1. The number of halogens is 1. The van der Waals surface area contributed by atoms with Crippen molar-refractivity contribution < 1.29 is 19.5 Å². The van der Waals surface area contributed by atoms with Crippen LogP contribution >= 0.6 is 27.3 Å². The lowest BCUT2D eigenvalue weighted by Gasteiger charge is -2.29. The Hall–Kier alpha value is -3.57. The number of aryl methyl sites for hydroxylation is 1. The zero-order chi connectivity index (χ0) is 33.0.